The minimum Gasteiger partial charge on any atom is -0.492 e. The second-order valence-electron chi connectivity index (χ2n) is 6.32. The Morgan fingerprint density at radius 1 is 1.27 bits per heavy atom. The predicted octanol–water partition coefficient (Wildman–Crippen LogP) is 3.64. The van der Waals surface area contributed by atoms with Gasteiger partial charge >= 0.3 is 0 Å². The molecule has 1 heterocycles. The molecule has 1 aliphatic rings. The molecule has 5 nitrogen and oxygen atoms in total. The average molecular weight is 373 g/mol. The molecule has 0 saturated heterocycles. The maximum Gasteiger partial charge on any atom is 0.254 e. The van der Waals surface area contributed by atoms with Crippen molar-refractivity contribution in [2.24, 2.45) is 0 Å². The Morgan fingerprint density at radius 3 is 2.77 bits per heavy atom. The van der Waals surface area contributed by atoms with E-state index < -0.39 is 6.04 Å². The Morgan fingerprint density at radius 2 is 2.04 bits per heavy atom. The summed E-state index contributed by atoms with van der Waals surface area (Å²) in [6.45, 7) is 4.34. The largest absolute Gasteiger partial charge is 0.492 e. The van der Waals surface area contributed by atoms with Crippen LogP contribution in [-0.2, 0) is 9.59 Å². The highest BCUT2D eigenvalue weighted by molar-refractivity contribution is 6.32. The van der Waals surface area contributed by atoms with Gasteiger partial charge in [0.1, 0.15) is 11.8 Å². The second-order valence-corrected chi connectivity index (χ2v) is 6.73. The molecule has 2 aromatic carbocycles. The van der Waals surface area contributed by atoms with Gasteiger partial charge in [-0.3, -0.25) is 9.59 Å². The first-order valence-corrected chi connectivity index (χ1v) is 8.91. The van der Waals surface area contributed by atoms with Crippen LogP contribution in [0.1, 0.15) is 30.5 Å². The van der Waals surface area contributed by atoms with Crippen LogP contribution in [0.25, 0.3) is 0 Å². The molecule has 0 fully saturated rings. The monoisotopic (exact) mass is 372 g/mol. The van der Waals surface area contributed by atoms with Gasteiger partial charge in [-0.25, -0.2) is 0 Å². The molecular formula is C20H21ClN2O3. The fourth-order valence-electron chi connectivity index (χ4n) is 3.10. The quantitative estimate of drug-likeness (QED) is 0.787. The van der Waals surface area contributed by atoms with Crippen LogP contribution >= 0.6 is 11.6 Å². The third-order valence-electron chi connectivity index (χ3n) is 4.27. The summed E-state index contributed by atoms with van der Waals surface area (Å²) >= 11 is 6.07. The zero-order valence-corrected chi connectivity index (χ0v) is 15.5. The Hall–Kier alpha value is -2.53. The summed E-state index contributed by atoms with van der Waals surface area (Å²) in [5, 5.41) is 3.32. The highest BCUT2D eigenvalue weighted by Crippen LogP contribution is 2.36. The van der Waals surface area contributed by atoms with E-state index in [-0.39, 0.29) is 11.8 Å². The number of benzene rings is 2. The van der Waals surface area contributed by atoms with Crippen LogP contribution in [-0.4, -0.2) is 25.0 Å². The number of rotatable bonds is 6. The molecule has 0 spiro atoms. The highest BCUT2D eigenvalue weighted by atomic mass is 35.5. The first-order chi connectivity index (χ1) is 12.5. The third-order valence-corrected chi connectivity index (χ3v) is 4.58. The average Bonchev–Trinajstić information content (AvgIpc) is 2.84. The van der Waals surface area contributed by atoms with Crippen LogP contribution in [0.15, 0.2) is 42.5 Å². The minimum atomic E-state index is -0.619. The number of nitrogens with zero attached hydrogens (tertiary/aromatic N) is 1. The summed E-state index contributed by atoms with van der Waals surface area (Å²) in [5.74, 6) is 0.298. The van der Waals surface area contributed by atoms with E-state index >= 15 is 0 Å². The summed E-state index contributed by atoms with van der Waals surface area (Å²) < 4.78 is 5.69. The van der Waals surface area contributed by atoms with Crippen LogP contribution in [0.5, 0.6) is 5.75 Å². The van der Waals surface area contributed by atoms with Gasteiger partial charge in [-0.15, -0.1) is 0 Å². The van der Waals surface area contributed by atoms with Crippen LogP contribution in [0.2, 0.25) is 5.02 Å². The fraction of sp³-hybridized carbons (Fsp3) is 0.300. The zero-order chi connectivity index (χ0) is 18.7. The number of nitrogens with one attached hydrogen (secondary N) is 1. The summed E-state index contributed by atoms with van der Waals surface area (Å²) in [5.41, 5.74) is 2.74. The molecule has 1 N–H and O–H groups in total. The number of ether oxygens (including phenoxy) is 1. The summed E-state index contributed by atoms with van der Waals surface area (Å²) in [7, 11) is 0. The van der Waals surface area contributed by atoms with E-state index in [1.165, 1.54) is 6.92 Å². The molecule has 26 heavy (non-hydrogen) atoms. The fourth-order valence-corrected chi connectivity index (χ4v) is 3.29. The van der Waals surface area contributed by atoms with Gasteiger partial charge in [0.05, 0.1) is 11.6 Å². The maximum atomic E-state index is 12.8. The van der Waals surface area contributed by atoms with E-state index in [1.807, 2.05) is 43.3 Å². The zero-order valence-electron chi connectivity index (χ0n) is 14.8. The number of aryl methyl sites for hydroxylation is 1. The molecule has 6 heteroatoms. The number of para-hydroxylation sites is 1. The van der Waals surface area contributed by atoms with Crippen molar-refractivity contribution in [2.45, 2.75) is 26.3 Å². The van der Waals surface area contributed by atoms with Gasteiger partial charge in [0, 0.05) is 24.7 Å². The molecule has 3 rings (SSSR count). The van der Waals surface area contributed by atoms with E-state index in [1.54, 1.807) is 11.0 Å². The van der Waals surface area contributed by atoms with Crippen molar-refractivity contribution < 1.29 is 14.3 Å². The van der Waals surface area contributed by atoms with E-state index in [2.05, 4.69) is 5.32 Å². The topological polar surface area (TPSA) is 58.6 Å². The van der Waals surface area contributed by atoms with Gasteiger partial charge in [-0.05, 0) is 31.5 Å². The van der Waals surface area contributed by atoms with E-state index in [9.17, 15) is 9.59 Å². The van der Waals surface area contributed by atoms with Crippen molar-refractivity contribution in [2.75, 3.05) is 18.1 Å². The number of hydrogen-bond acceptors (Lipinski definition) is 3. The van der Waals surface area contributed by atoms with E-state index in [4.69, 9.17) is 16.3 Å². The minimum absolute atomic E-state index is 0.112. The molecule has 0 aromatic heterocycles. The van der Waals surface area contributed by atoms with E-state index in [0.717, 1.165) is 16.8 Å². The summed E-state index contributed by atoms with van der Waals surface area (Å²) in [6.07, 6.45) is 0.650. The Kier molecular flexibility index (Phi) is 5.47. The smallest absolute Gasteiger partial charge is 0.254 e. The second kappa shape index (κ2) is 7.79. The van der Waals surface area contributed by atoms with Gasteiger partial charge in [0.15, 0.2) is 0 Å². The van der Waals surface area contributed by atoms with Crippen LogP contribution in [0.3, 0.4) is 0 Å². The lowest BCUT2D eigenvalue weighted by molar-refractivity contribution is -0.126. The molecule has 0 aliphatic carbocycles. The van der Waals surface area contributed by atoms with Crippen molar-refractivity contribution in [3.8, 4) is 5.75 Å². The highest BCUT2D eigenvalue weighted by Gasteiger charge is 2.37. The molecule has 136 valence electrons. The van der Waals surface area contributed by atoms with Crippen LogP contribution in [0.4, 0.5) is 5.69 Å². The van der Waals surface area contributed by atoms with Crippen molar-refractivity contribution in [3.05, 3.63) is 58.6 Å². The van der Waals surface area contributed by atoms with Gasteiger partial charge in [-0.1, -0.05) is 41.4 Å². The van der Waals surface area contributed by atoms with Crippen molar-refractivity contribution in [3.63, 3.8) is 0 Å². The maximum absolute atomic E-state index is 12.8. The molecule has 0 saturated carbocycles. The lowest BCUT2D eigenvalue weighted by atomic mass is 10.1. The lowest BCUT2D eigenvalue weighted by Crippen LogP contribution is -2.37. The van der Waals surface area contributed by atoms with Crippen molar-refractivity contribution in [1.82, 2.24) is 5.32 Å². The number of anilines is 1. The number of fused-ring (bicyclic) bond motifs is 1. The number of hydrogen-bond donors (Lipinski definition) is 1. The first kappa shape index (κ1) is 18.3. The predicted molar refractivity (Wildman–Crippen MR) is 102 cm³/mol. The summed E-state index contributed by atoms with van der Waals surface area (Å²) in [6, 6.07) is 12.5. The molecule has 0 unspecified atom stereocenters. The first-order valence-electron chi connectivity index (χ1n) is 8.53. The van der Waals surface area contributed by atoms with Crippen molar-refractivity contribution >= 4 is 29.1 Å². The van der Waals surface area contributed by atoms with Gasteiger partial charge < -0.3 is 15.0 Å². The molecular weight excluding hydrogens is 352 g/mol. The van der Waals surface area contributed by atoms with Gasteiger partial charge in [-0.2, -0.15) is 0 Å². The molecule has 1 aliphatic heterocycles. The molecule has 2 aromatic rings. The number of carbonyl (C=O) groups excluding carboxylic acids is 2. The third kappa shape index (κ3) is 3.83. The van der Waals surface area contributed by atoms with E-state index in [0.29, 0.717) is 30.3 Å². The standard InChI is InChI=1S/C20H21ClN2O3/c1-13-8-9-17-15(12-13)19(22-14(2)24)20(25)23(17)10-5-11-26-18-7-4-3-6-16(18)21/h3-4,6-9,12,19H,5,10-11H2,1-2H3,(H,22,24)/t19-/m0/s1. The molecule has 0 bridgehead atoms. The van der Waals surface area contributed by atoms with Gasteiger partial charge in [0.2, 0.25) is 5.91 Å². The normalized spacial score (nSPS) is 15.7. The Labute approximate surface area is 157 Å². The van der Waals surface area contributed by atoms with Gasteiger partial charge in [0.25, 0.3) is 5.91 Å². The number of carbonyl (C=O) groups is 2. The lowest BCUT2D eigenvalue weighted by Gasteiger charge is -2.18. The van der Waals surface area contributed by atoms with Crippen LogP contribution in [0, 0.1) is 6.92 Å². The van der Waals surface area contributed by atoms with Crippen LogP contribution < -0.4 is 15.0 Å². The molecule has 1 atom stereocenters. The number of halogens is 1. The Balaban J connectivity index is 1.67. The molecule has 2 amide bonds. The Bertz CT molecular complexity index is 838. The summed E-state index contributed by atoms with van der Waals surface area (Å²) in [4.78, 5) is 26.0. The van der Waals surface area contributed by atoms with Crippen molar-refractivity contribution in [1.29, 1.82) is 0 Å². The number of amides is 2. The SMILES string of the molecule is CC(=O)N[C@@H]1C(=O)N(CCCOc2ccccc2Cl)c2ccc(C)cc21. The molecule has 0 radical (unpaired) electrons.